The van der Waals surface area contributed by atoms with Crippen molar-refractivity contribution in [3.8, 4) is 5.75 Å². The number of hydrogen-bond donors (Lipinski definition) is 2. The van der Waals surface area contributed by atoms with Gasteiger partial charge in [0.1, 0.15) is 5.75 Å². The molecular formula is C26H30F3N3O2. The van der Waals surface area contributed by atoms with Crippen molar-refractivity contribution in [2.24, 2.45) is 0 Å². The molecule has 0 saturated carbocycles. The van der Waals surface area contributed by atoms with Crippen LogP contribution in [0.4, 0.5) is 24.5 Å². The maximum Gasteiger partial charge on any atom is 0.416 e. The first kappa shape index (κ1) is 24.3. The number of pyridine rings is 1. The van der Waals surface area contributed by atoms with Gasteiger partial charge >= 0.3 is 6.18 Å². The van der Waals surface area contributed by atoms with E-state index in [4.69, 9.17) is 4.74 Å². The number of hydrogen-bond acceptors (Lipinski definition) is 5. The molecule has 0 amide bonds. The molecule has 0 radical (unpaired) electrons. The van der Waals surface area contributed by atoms with Crippen LogP contribution in [-0.4, -0.2) is 46.8 Å². The molecule has 5 nitrogen and oxygen atoms in total. The SMILES string of the molecule is Cc1cc(Nc2cc(OCCCN3CCC(C)(O)CC3)cc(C(F)(F)F)c2)c2ccccc2n1. The highest BCUT2D eigenvalue weighted by atomic mass is 19.4. The Hall–Kier alpha value is -2.84. The zero-order valence-electron chi connectivity index (χ0n) is 19.5. The lowest BCUT2D eigenvalue weighted by molar-refractivity contribution is -0.137. The van der Waals surface area contributed by atoms with E-state index < -0.39 is 17.3 Å². The third-order valence-electron chi connectivity index (χ3n) is 6.18. The van der Waals surface area contributed by atoms with Crippen LogP contribution in [0.15, 0.2) is 48.5 Å². The van der Waals surface area contributed by atoms with Gasteiger partial charge in [0.2, 0.25) is 0 Å². The Bertz CT molecular complexity index is 1140. The number of ether oxygens (including phenoxy) is 1. The Kier molecular flexibility index (Phi) is 7.00. The summed E-state index contributed by atoms with van der Waals surface area (Å²) in [7, 11) is 0. The number of halogens is 3. The highest BCUT2D eigenvalue weighted by Crippen LogP contribution is 2.36. The predicted octanol–water partition coefficient (Wildman–Crippen LogP) is 5.92. The van der Waals surface area contributed by atoms with Gasteiger partial charge in [-0.2, -0.15) is 13.2 Å². The van der Waals surface area contributed by atoms with E-state index in [1.807, 2.05) is 44.2 Å². The van der Waals surface area contributed by atoms with Gasteiger partial charge in [0, 0.05) is 48.2 Å². The van der Waals surface area contributed by atoms with Crippen LogP contribution in [0, 0.1) is 6.92 Å². The number of aryl methyl sites for hydroxylation is 1. The normalized spacial score (nSPS) is 16.5. The van der Waals surface area contributed by atoms with Crippen LogP contribution in [0.5, 0.6) is 5.75 Å². The Balaban J connectivity index is 1.47. The summed E-state index contributed by atoms with van der Waals surface area (Å²) >= 11 is 0. The van der Waals surface area contributed by atoms with Crippen molar-refractivity contribution in [2.75, 3.05) is 31.6 Å². The summed E-state index contributed by atoms with van der Waals surface area (Å²) in [5, 5.41) is 14.0. The van der Waals surface area contributed by atoms with Crippen LogP contribution in [0.3, 0.4) is 0 Å². The van der Waals surface area contributed by atoms with Crippen LogP contribution in [0.2, 0.25) is 0 Å². The van der Waals surface area contributed by atoms with Crippen molar-refractivity contribution in [1.82, 2.24) is 9.88 Å². The first-order chi connectivity index (χ1) is 16.1. The molecule has 3 aromatic rings. The van der Waals surface area contributed by atoms with E-state index in [0.717, 1.165) is 61.2 Å². The first-order valence-corrected chi connectivity index (χ1v) is 11.5. The van der Waals surface area contributed by atoms with Gasteiger partial charge in [-0.1, -0.05) is 18.2 Å². The molecule has 8 heteroatoms. The number of likely N-dealkylation sites (tertiary alicyclic amines) is 1. The van der Waals surface area contributed by atoms with Crippen molar-refractivity contribution in [1.29, 1.82) is 0 Å². The van der Waals surface area contributed by atoms with Gasteiger partial charge in [-0.05, 0) is 57.4 Å². The predicted molar refractivity (Wildman–Crippen MR) is 128 cm³/mol. The molecule has 1 saturated heterocycles. The first-order valence-electron chi connectivity index (χ1n) is 11.5. The summed E-state index contributed by atoms with van der Waals surface area (Å²) in [4.78, 5) is 6.73. The zero-order chi connectivity index (χ0) is 24.3. The standard InChI is InChI=1S/C26H30F3N3O2/c1-18-14-24(22-6-3-4-7-23(22)30-18)31-20-15-19(26(27,28)29)16-21(17-20)34-13-5-10-32-11-8-25(2,33)9-12-32/h3-4,6-7,14-17,33H,5,8-13H2,1-2H3,(H,30,31). The molecule has 1 fully saturated rings. The van der Waals surface area contributed by atoms with Gasteiger partial charge < -0.3 is 20.1 Å². The average molecular weight is 474 g/mol. The molecule has 0 atom stereocenters. The van der Waals surface area contributed by atoms with Crippen molar-refractivity contribution >= 4 is 22.3 Å². The van der Waals surface area contributed by atoms with Crippen molar-refractivity contribution in [3.63, 3.8) is 0 Å². The van der Waals surface area contributed by atoms with E-state index >= 15 is 0 Å². The van der Waals surface area contributed by atoms with Gasteiger partial charge in [-0.25, -0.2) is 0 Å². The second-order valence-electron chi connectivity index (χ2n) is 9.24. The van der Waals surface area contributed by atoms with Gasteiger partial charge in [-0.15, -0.1) is 0 Å². The monoisotopic (exact) mass is 473 g/mol. The van der Waals surface area contributed by atoms with Gasteiger partial charge in [0.15, 0.2) is 0 Å². The largest absolute Gasteiger partial charge is 0.493 e. The fourth-order valence-corrected chi connectivity index (χ4v) is 4.22. The number of anilines is 2. The number of aliphatic hydroxyl groups is 1. The molecule has 1 aliphatic heterocycles. The number of nitrogens with one attached hydrogen (secondary N) is 1. The molecule has 34 heavy (non-hydrogen) atoms. The van der Waals surface area contributed by atoms with E-state index in [-0.39, 0.29) is 5.75 Å². The van der Waals surface area contributed by atoms with Gasteiger partial charge in [0.25, 0.3) is 0 Å². The number of benzene rings is 2. The number of fused-ring (bicyclic) bond motifs is 1. The minimum atomic E-state index is -4.49. The lowest BCUT2D eigenvalue weighted by Gasteiger charge is -2.35. The number of alkyl halides is 3. The number of para-hydroxylation sites is 1. The second-order valence-corrected chi connectivity index (χ2v) is 9.24. The summed E-state index contributed by atoms with van der Waals surface area (Å²) < 4.78 is 46.5. The van der Waals surface area contributed by atoms with Crippen LogP contribution in [0.1, 0.15) is 37.4 Å². The molecule has 1 aromatic heterocycles. The number of piperidine rings is 1. The highest BCUT2D eigenvalue weighted by molar-refractivity contribution is 5.93. The Morgan fingerprint density at radius 3 is 2.59 bits per heavy atom. The van der Waals surface area contributed by atoms with Crippen molar-refractivity contribution in [2.45, 2.75) is 44.9 Å². The lowest BCUT2D eigenvalue weighted by Crippen LogP contribution is -2.42. The van der Waals surface area contributed by atoms with Crippen LogP contribution >= 0.6 is 0 Å². The summed E-state index contributed by atoms with van der Waals surface area (Å²) in [6.45, 7) is 6.41. The molecule has 0 spiro atoms. The molecular weight excluding hydrogens is 443 g/mol. The molecule has 0 bridgehead atoms. The second kappa shape index (κ2) is 9.80. The minimum absolute atomic E-state index is 0.175. The van der Waals surface area contributed by atoms with Crippen molar-refractivity contribution in [3.05, 3.63) is 59.8 Å². The highest BCUT2D eigenvalue weighted by Gasteiger charge is 2.32. The molecule has 0 aliphatic carbocycles. The molecule has 2 heterocycles. The smallest absolute Gasteiger partial charge is 0.416 e. The molecule has 0 unspecified atom stereocenters. The minimum Gasteiger partial charge on any atom is -0.493 e. The van der Waals surface area contributed by atoms with E-state index in [9.17, 15) is 18.3 Å². The van der Waals surface area contributed by atoms with E-state index in [1.54, 1.807) is 6.07 Å². The average Bonchev–Trinajstić information content (AvgIpc) is 2.77. The summed E-state index contributed by atoms with van der Waals surface area (Å²) in [6, 6.07) is 13.1. The number of aromatic nitrogens is 1. The maximum absolute atomic E-state index is 13.6. The Morgan fingerprint density at radius 1 is 1.12 bits per heavy atom. The lowest BCUT2D eigenvalue weighted by atomic mass is 9.94. The topological polar surface area (TPSA) is 57.6 Å². The van der Waals surface area contributed by atoms with Crippen LogP contribution < -0.4 is 10.1 Å². The Labute approximate surface area is 197 Å². The Morgan fingerprint density at radius 2 is 1.85 bits per heavy atom. The van der Waals surface area contributed by atoms with E-state index in [1.165, 1.54) is 0 Å². The number of nitrogens with zero attached hydrogens (tertiary/aromatic N) is 2. The van der Waals surface area contributed by atoms with E-state index in [0.29, 0.717) is 24.4 Å². The fourth-order valence-electron chi connectivity index (χ4n) is 4.22. The third kappa shape index (κ3) is 6.18. The van der Waals surface area contributed by atoms with E-state index in [2.05, 4.69) is 15.2 Å². The summed E-state index contributed by atoms with van der Waals surface area (Å²) in [6.07, 6.45) is -2.36. The molecule has 2 aromatic carbocycles. The van der Waals surface area contributed by atoms with Crippen LogP contribution in [-0.2, 0) is 6.18 Å². The van der Waals surface area contributed by atoms with Gasteiger partial charge in [-0.3, -0.25) is 4.98 Å². The molecule has 182 valence electrons. The molecule has 1 aliphatic rings. The quantitative estimate of drug-likeness (QED) is 0.417. The number of rotatable bonds is 7. The molecule has 2 N–H and O–H groups in total. The van der Waals surface area contributed by atoms with Gasteiger partial charge in [0.05, 0.1) is 23.3 Å². The summed E-state index contributed by atoms with van der Waals surface area (Å²) in [5.74, 6) is 0.175. The maximum atomic E-state index is 13.6. The third-order valence-corrected chi connectivity index (χ3v) is 6.18. The zero-order valence-corrected chi connectivity index (χ0v) is 19.5. The van der Waals surface area contributed by atoms with Crippen molar-refractivity contribution < 1.29 is 23.0 Å². The molecule has 4 rings (SSSR count). The summed E-state index contributed by atoms with van der Waals surface area (Å²) in [5.41, 5.74) is 1.17. The van der Waals surface area contributed by atoms with Crippen LogP contribution in [0.25, 0.3) is 10.9 Å². The fraction of sp³-hybridized carbons (Fsp3) is 0.423.